The lowest BCUT2D eigenvalue weighted by Gasteiger charge is -2.30. The number of benzene rings is 1. The summed E-state index contributed by atoms with van der Waals surface area (Å²) in [5.74, 6) is 0. The molecule has 94 valence electrons. The summed E-state index contributed by atoms with van der Waals surface area (Å²) >= 11 is 0. The first-order chi connectivity index (χ1) is 8.74. The molecule has 0 aliphatic carbocycles. The van der Waals surface area contributed by atoms with Gasteiger partial charge in [-0.15, -0.1) is 0 Å². The van der Waals surface area contributed by atoms with Crippen LogP contribution in [0.1, 0.15) is 17.2 Å². The lowest BCUT2D eigenvalue weighted by Crippen LogP contribution is -2.31. The van der Waals surface area contributed by atoms with Gasteiger partial charge >= 0.3 is 0 Å². The fourth-order valence-corrected chi connectivity index (χ4v) is 2.16. The SMILES string of the molecule is Cc1ccncc1C(CN)N(C)c1ccccc1. The number of pyridine rings is 1. The lowest BCUT2D eigenvalue weighted by molar-refractivity contribution is 0.673. The Morgan fingerprint density at radius 3 is 2.56 bits per heavy atom. The molecule has 1 aromatic heterocycles. The molecule has 0 saturated carbocycles. The highest BCUT2D eigenvalue weighted by molar-refractivity contribution is 5.48. The van der Waals surface area contributed by atoms with Gasteiger partial charge in [0.2, 0.25) is 0 Å². The van der Waals surface area contributed by atoms with Gasteiger partial charge in [0, 0.05) is 31.7 Å². The van der Waals surface area contributed by atoms with Crippen molar-refractivity contribution in [2.75, 3.05) is 18.5 Å². The summed E-state index contributed by atoms with van der Waals surface area (Å²) in [5.41, 5.74) is 9.52. The van der Waals surface area contributed by atoms with Crippen LogP contribution < -0.4 is 10.6 Å². The van der Waals surface area contributed by atoms with Crippen LogP contribution in [0, 0.1) is 6.92 Å². The van der Waals surface area contributed by atoms with Gasteiger partial charge in [0.25, 0.3) is 0 Å². The van der Waals surface area contributed by atoms with Gasteiger partial charge in [-0.1, -0.05) is 18.2 Å². The maximum absolute atomic E-state index is 5.94. The molecule has 0 spiro atoms. The summed E-state index contributed by atoms with van der Waals surface area (Å²) in [6, 6.07) is 12.5. The van der Waals surface area contributed by atoms with Crippen LogP contribution in [0.2, 0.25) is 0 Å². The number of aromatic nitrogens is 1. The minimum atomic E-state index is 0.154. The Labute approximate surface area is 108 Å². The monoisotopic (exact) mass is 241 g/mol. The summed E-state index contributed by atoms with van der Waals surface area (Å²) in [5, 5.41) is 0. The van der Waals surface area contributed by atoms with E-state index in [1.165, 1.54) is 11.1 Å². The summed E-state index contributed by atoms with van der Waals surface area (Å²) < 4.78 is 0. The Balaban J connectivity index is 2.32. The van der Waals surface area contributed by atoms with Crippen LogP contribution in [0.25, 0.3) is 0 Å². The van der Waals surface area contributed by atoms with Crippen LogP contribution in [0.15, 0.2) is 48.8 Å². The van der Waals surface area contributed by atoms with E-state index in [1.807, 2.05) is 36.7 Å². The number of hydrogen-bond acceptors (Lipinski definition) is 3. The van der Waals surface area contributed by atoms with Crippen molar-refractivity contribution in [3.8, 4) is 0 Å². The number of nitrogens with two attached hydrogens (primary N) is 1. The van der Waals surface area contributed by atoms with Crippen LogP contribution >= 0.6 is 0 Å². The molecule has 3 heteroatoms. The zero-order valence-electron chi connectivity index (χ0n) is 10.9. The summed E-state index contributed by atoms with van der Waals surface area (Å²) in [7, 11) is 2.07. The van der Waals surface area contributed by atoms with Gasteiger partial charge in [-0.3, -0.25) is 4.98 Å². The predicted octanol–water partition coefficient (Wildman–Crippen LogP) is 2.53. The van der Waals surface area contributed by atoms with E-state index < -0.39 is 0 Å². The molecule has 0 bridgehead atoms. The number of hydrogen-bond donors (Lipinski definition) is 1. The second kappa shape index (κ2) is 5.65. The average molecular weight is 241 g/mol. The van der Waals surface area contributed by atoms with E-state index >= 15 is 0 Å². The molecule has 1 unspecified atom stereocenters. The van der Waals surface area contributed by atoms with Crippen molar-refractivity contribution in [2.45, 2.75) is 13.0 Å². The van der Waals surface area contributed by atoms with E-state index in [2.05, 4.69) is 36.0 Å². The number of likely N-dealkylation sites (N-methyl/N-ethyl adjacent to an activating group) is 1. The fourth-order valence-electron chi connectivity index (χ4n) is 2.16. The van der Waals surface area contributed by atoms with E-state index in [9.17, 15) is 0 Å². The van der Waals surface area contributed by atoms with Crippen molar-refractivity contribution in [1.82, 2.24) is 4.98 Å². The van der Waals surface area contributed by atoms with E-state index in [4.69, 9.17) is 5.73 Å². The zero-order chi connectivity index (χ0) is 13.0. The topological polar surface area (TPSA) is 42.1 Å². The average Bonchev–Trinajstić information content (AvgIpc) is 2.42. The van der Waals surface area contributed by atoms with Gasteiger partial charge in [-0.05, 0) is 36.2 Å². The van der Waals surface area contributed by atoms with E-state index in [0.29, 0.717) is 6.54 Å². The summed E-state index contributed by atoms with van der Waals surface area (Å²) in [4.78, 5) is 6.41. The molecule has 3 nitrogen and oxygen atoms in total. The Morgan fingerprint density at radius 1 is 1.22 bits per heavy atom. The molecule has 2 aromatic rings. The lowest BCUT2D eigenvalue weighted by atomic mass is 10.0. The van der Waals surface area contributed by atoms with E-state index in [-0.39, 0.29) is 6.04 Å². The first-order valence-electron chi connectivity index (χ1n) is 6.12. The number of anilines is 1. The molecule has 2 rings (SSSR count). The third-order valence-corrected chi connectivity index (χ3v) is 3.29. The summed E-state index contributed by atoms with van der Waals surface area (Å²) in [6.45, 7) is 2.66. The van der Waals surface area contributed by atoms with E-state index in [0.717, 1.165) is 5.69 Å². The Kier molecular flexibility index (Phi) is 3.95. The number of nitrogens with zero attached hydrogens (tertiary/aromatic N) is 2. The highest BCUT2D eigenvalue weighted by Gasteiger charge is 2.17. The molecule has 1 atom stereocenters. The first-order valence-corrected chi connectivity index (χ1v) is 6.12. The zero-order valence-corrected chi connectivity index (χ0v) is 10.9. The van der Waals surface area contributed by atoms with Crippen molar-refractivity contribution in [3.05, 3.63) is 59.9 Å². The molecule has 2 N–H and O–H groups in total. The Morgan fingerprint density at radius 2 is 1.94 bits per heavy atom. The standard InChI is InChI=1S/C15H19N3/c1-12-8-9-17-11-14(12)15(10-16)18(2)13-6-4-3-5-7-13/h3-9,11,15H,10,16H2,1-2H3. The quantitative estimate of drug-likeness (QED) is 0.894. The van der Waals surface area contributed by atoms with Crippen molar-refractivity contribution in [2.24, 2.45) is 5.73 Å². The molecular weight excluding hydrogens is 222 g/mol. The van der Waals surface area contributed by atoms with Crippen molar-refractivity contribution < 1.29 is 0 Å². The van der Waals surface area contributed by atoms with Crippen molar-refractivity contribution >= 4 is 5.69 Å². The molecule has 0 saturated heterocycles. The second-order valence-electron chi connectivity index (χ2n) is 4.43. The molecule has 0 fully saturated rings. The Bertz CT molecular complexity index is 496. The van der Waals surface area contributed by atoms with Gasteiger partial charge in [-0.2, -0.15) is 0 Å². The molecule has 0 aliphatic rings. The molecule has 0 radical (unpaired) electrons. The molecule has 1 heterocycles. The van der Waals surface area contributed by atoms with Gasteiger partial charge in [-0.25, -0.2) is 0 Å². The summed E-state index contributed by atoms with van der Waals surface area (Å²) in [6.07, 6.45) is 3.72. The van der Waals surface area contributed by atoms with Gasteiger partial charge in [0.1, 0.15) is 0 Å². The van der Waals surface area contributed by atoms with E-state index in [1.54, 1.807) is 0 Å². The third-order valence-electron chi connectivity index (χ3n) is 3.29. The van der Waals surface area contributed by atoms with Gasteiger partial charge < -0.3 is 10.6 Å². The molecular formula is C15H19N3. The maximum Gasteiger partial charge on any atom is 0.0679 e. The number of para-hydroxylation sites is 1. The molecule has 18 heavy (non-hydrogen) atoms. The fraction of sp³-hybridized carbons (Fsp3) is 0.267. The predicted molar refractivity (Wildman–Crippen MR) is 75.6 cm³/mol. The van der Waals surface area contributed by atoms with Crippen LogP contribution in [0.3, 0.4) is 0 Å². The maximum atomic E-state index is 5.94. The van der Waals surface area contributed by atoms with Gasteiger partial charge in [0.15, 0.2) is 0 Å². The van der Waals surface area contributed by atoms with Crippen LogP contribution in [-0.2, 0) is 0 Å². The Hall–Kier alpha value is -1.87. The van der Waals surface area contributed by atoms with Crippen molar-refractivity contribution in [3.63, 3.8) is 0 Å². The second-order valence-corrected chi connectivity index (χ2v) is 4.43. The minimum Gasteiger partial charge on any atom is -0.366 e. The molecule has 1 aromatic carbocycles. The minimum absolute atomic E-state index is 0.154. The normalized spacial score (nSPS) is 12.2. The smallest absolute Gasteiger partial charge is 0.0679 e. The van der Waals surface area contributed by atoms with Crippen LogP contribution in [0.5, 0.6) is 0 Å². The van der Waals surface area contributed by atoms with Gasteiger partial charge in [0.05, 0.1) is 6.04 Å². The first kappa shape index (κ1) is 12.6. The third kappa shape index (κ3) is 2.51. The number of rotatable bonds is 4. The van der Waals surface area contributed by atoms with Crippen LogP contribution in [-0.4, -0.2) is 18.6 Å². The van der Waals surface area contributed by atoms with Crippen LogP contribution in [0.4, 0.5) is 5.69 Å². The number of aryl methyl sites for hydroxylation is 1. The van der Waals surface area contributed by atoms with Crippen molar-refractivity contribution in [1.29, 1.82) is 0 Å². The molecule has 0 aliphatic heterocycles. The highest BCUT2D eigenvalue weighted by atomic mass is 15.1. The highest BCUT2D eigenvalue weighted by Crippen LogP contribution is 2.25. The molecule has 0 amide bonds. The largest absolute Gasteiger partial charge is 0.366 e.